The van der Waals surface area contributed by atoms with Gasteiger partial charge in [0.05, 0.1) is 0 Å². The molecule has 124 valence electrons. The van der Waals surface area contributed by atoms with E-state index in [0.717, 1.165) is 5.56 Å². The van der Waals surface area contributed by atoms with Crippen molar-refractivity contribution in [3.05, 3.63) is 47.4 Å². The molecular formula is C15H19N3O5. The Labute approximate surface area is 133 Å². The molecule has 1 aromatic rings. The van der Waals surface area contributed by atoms with Crippen LogP contribution >= 0.6 is 0 Å². The number of amides is 2. The second-order valence-electron chi connectivity index (χ2n) is 4.50. The van der Waals surface area contributed by atoms with Gasteiger partial charge in [0.15, 0.2) is 5.57 Å². The second kappa shape index (κ2) is 9.08. The van der Waals surface area contributed by atoms with Gasteiger partial charge < -0.3 is 26.2 Å². The summed E-state index contributed by atoms with van der Waals surface area (Å²) < 4.78 is 0. The van der Waals surface area contributed by atoms with Gasteiger partial charge in [0, 0.05) is 13.1 Å². The number of aliphatic hydroxyl groups excluding tert-OH is 1. The van der Waals surface area contributed by atoms with E-state index in [4.69, 9.17) is 5.11 Å². The molecule has 0 saturated carbocycles. The van der Waals surface area contributed by atoms with E-state index in [-0.39, 0.29) is 13.1 Å². The second-order valence-corrected chi connectivity index (χ2v) is 4.50. The Bertz CT molecular complexity index is 598. The lowest BCUT2D eigenvalue weighted by atomic mass is 10.2. The van der Waals surface area contributed by atoms with Crippen molar-refractivity contribution in [3.63, 3.8) is 0 Å². The maximum Gasteiger partial charge on any atom is 0.322 e. The Balaban J connectivity index is 2.88. The van der Waals surface area contributed by atoms with Crippen molar-refractivity contribution in [2.75, 3.05) is 13.1 Å². The van der Waals surface area contributed by atoms with Gasteiger partial charge in [-0.1, -0.05) is 30.3 Å². The highest BCUT2D eigenvalue weighted by atomic mass is 16.4. The summed E-state index contributed by atoms with van der Waals surface area (Å²) in [5, 5.41) is 25.6. The molecule has 0 saturated heterocycles. The van der Waals surface area contributed by atoms with E-state index < -0.39 is 35.8 Å². The molecule has 8 heteroatoms. The van der Waals surface area contributed by atoms with Crippen LogP contribution in [0.15, 0.2) is 41.8 Å². The van der Waals surface area contributed by atoms with Crippen molar-refractivity contribution >= 4 is 17.8 Å². The van der Waals surface area contributed by atoms with Gasteiger partial charge in [-0.3, -0.25) is 14.4 Å². The first-order valence-electron chi connectivity index (χ1n) is 6.95. The van der Waals surface area contributed by atoms with Gasteiger partial charge >= 0.3 is 5.97 Å². The molecule has 0 fully saturated rings. The largest absolute Gasteiger partial charge is 0.494 e. The van der Waals surface area contributed by atoms with Crippen molar-refractivity contribution in [2.45, 2.75) is 13.5 Å². The fraction of sp³-hybridized carbons (Fsp3) is 0.267. The van der Waals surface area contributed by atoms with Gasteiger partial charge in [-0.25, -0.2) is 0 Å². The monoisotopic (exact) mass is 321 g/mol. The standard InChI is InChI=1S/C15H19N3O5/c1-2-16-13(21)12(15(23)18-9-11(19)20)14(22)17-8-10-6-4-3-5-7-10/h3-7,17,22H,2,8-9H2,1H3,(H,16,21)(H,18,23)(H,19,20). The number of hydrogen-bond acceptors (Lipinski definition) is 5. The molecule has 0 heterocycles. The molecule has 0 bridgehead atoms. The van der Waals surface area contributed by atoms with Crippen LogP contribution in [0, 0.1) is 0 Å². The highest BCUT2D eigenvalue weighted by Gasteiger charge is 2.23. The SMILES string of the molecule is CCNC(=O)C(C(=O)NCC(=O)O)=C(O)NCc1ccccc1. The van der Waals surface area contributed by atoms with Gasteiger partial charge in [-0.15, -0.1) is 0 Å². The highest BCUT2D eigenvalue weighted by Crippen LogP contribution is 2.03. The third-order valence-electron chi connectivity index (χ3n) is 2.73. The zero-order valence-electron chi connectivity index (χ0n) is 12.6. The Hall–Kier alpha value is -3.03. The summed E-state index contributed by atoms with van der Waals surface area (Å²) in [5.74, 6) is -3.65. The van der Waals surface area contributed by atoms with E-state index in [0.29, 0.717) is 0 Å². The van der Waals surface area contributed by atoms with Crippen LogP contribution in [-0.4, -0.2) is 41.1 Å². The summed E-state index contributed by atoms with van der Waals surface area (Å²) in [6.07, 6.45) is 0. The van der Waals surface area contributed by atoms with Crippen molar-refractivity contribution in [2.24, 2.45) is 0 Å². The Morgan fingerprint density at radius 1 is 0.957 bits per heavy atom. The van der Waals surface area contributed by atoms with Crippen molar-refractivity contribution < 1.29 is 24.6 Å². The predicted molar refractivity (Wildman–Crippen MR) is 82.3 cm³/mol. The van der Waals surface area contributed by atoms with Gasteiger partial charge in [-0.05, 0) is 12.5 Å². The maximum atomic E-state index is 11.9. The summed E-state index contributed by atoms with van der Waals surface area (Å²) in [7, 11) is 0. The van der Waals surface area contributed by atoms with Crippen LogP contribution in [0.4, 0.5) is 0 Å². The number of carbonyl (C=O) groups excluding carboxylic acids is 2. The minimum atomic E-state index is -1.26. The predicted octanol–water partition coefficient (Wildman–Crippen LogP) is -0.117. The minimum absolute atomic E-state index is 0.196. The first-order chi connectivity index (χ1) is 11.0. The van der Waals surface area contributed by atoms with Crippen LogP contribution in [0.3, 0.4) is 0 Å². The molecule has 0 spiro atoms. The average Bonchev–Trinajstić information content (AvgIpc) is 2.52. The first kappa shape index (κ1) is 18.0. The maximum absolute atomic E-state index is 11.9. The molecule has 1 aromatic carbocycles. The van der Waals surface area contributed by atoms with E-state index in [1.807, 2.05) is 23.5 Å². The fourth-order valence-corrected chi connectivity index (χ4v) is 1.68. The summed E-state index contributed by atoms with van der Waals surface area (Å²) in [4.78, 5) is 34.3. The molecule has 0 aromatic heterocycles. The third-order valence-corrected chi connectivity index (χ3v) is 2.73. The van der Waals surface area contributed by atoms with Crippen LogP contribution < -0.4 is 16.0 Å². The van der Waals surface area contributed by atoms with E-state index in [9.17, 15) is 19.5 Å². The number of nitrogens with one attached hydrogen (secondary N) is 3. The smallest absolute Gasteiger partial charge is 0.322 e. The van der Waals surface area contributed by atoms with Crippen molar-refractivity contribution in [3.8, 4) is 0 Å². The van der Waals surface area contributed by atoms with Crippen LogP contribution in [-0.2, 0) is 20.9 Å². The molecule has 0 aliphatic heterocycles. The molecule has 0 aliphatic rings. The first-order valence-corrected chi connectivity index (χ1v) is 6.95. The van der Waals surface area contributed by atoms with Gasteiger partial charge in [0.1, 0.15) is 6.54 Å². The number of rotatable bonds is 8. The fourth-order valence-electron chi connectivity index (χ4n) is 1.68. The van der Waals surface area contributed by atoms with Gasteiger partial charge in [0.2, 0.25) is 5.88 Å². The zero-order valence-corrected chi connectivity index (χ0v) is 12.6. The molecule has 0 unspecified atom stereocenters. The molecule has 8 nitrogen and oxygen atoms in total. The Kier molecular flexibility index (Phi) is 7.12. The quantitative estimate of drug-likeness (QED) is 0.197. The lowest BCUT2D eigenvalue weighted by molar-refractivity contribution is -0.137. The molecule has 0 aliphatic carbocycles. The Morgan fingerprint density at radius 2 is 1.57 bits per heavy atom. The van der Waals surface area contributed by atoms with Crippen LogP contribution in [0.25, 0.3) is 0 Å². The van der Waals surface area contributed by atoms with E-state index in [1.165, 1.54) is 0 Å². The summed E-state index contributed by atoms with van der Waals surface area (Å²) in [6.45, 7) is 1.44. The molecular weight excluding hydrogens is 302 g/mol. The summed E-state index contributed by atoms with van der Waals surface area (Å²) in [6, 6.07) is 9.05. The molecule has 0 atom stereocenters. The summed E-state index contributed by atoms with van der Waals surface area (Å²) in [5.41, 5.74) is 0.268. The molecule has 23 heavy (non-hydrogen) atoms. The number of aliphatic hydroxyl groups is 1. The molecule has 1 rings (SSSR count). The zero-order chi connectivity index (χ0) is 17.2. The van der Waals surface area contributed by atoms with E-state index >= 15 is 0 Å². The van der Waals surface area contributed by atoms with Gasteiger partial charge in [0.25, 0.3) is 11.8 Å². The third kappa shape index (κ3) is 6.08. The lowest BCUT2D eigenvalue weighted by Gasteiger charge is -2.12. The van der Waals surface area contributed by atoms with Crippen molar-refractivity contribution in [1.82, 2.24) is 16.0 Å². The topological polar surface area (TPSA) is 128 Å². The van der Waals surface area contributed by atoms with Crippen LogP contribution in [0.1, 0.15) is 12.5 Å². The number of carboxylic acid groups (broad SMARTS) is 1. The number of benzene rings is 1. The average molecular weight is 321 g/mol. The van der Waals surface area contributed by atoms with Crippen LogP contribution in [0.2, 0.25) is 0 Å². The number of hydrogen-bond donors (Lipinski definition) is 5. The van der Waals surface area contributed by atoms with E-state index in [1.54, 1.807) is 19.1 Å². The lowest BCUT2D eigenvalue weighted by Crippen LogP contribution is -2.39. The molecule has 2 amide bonds. The number of carboxylic acids is 1. The molecule has 5 N–H and O–H groups in total. The normalized spacial score (nSPS) is 11.2. The Morgan fingerprint density at radius 3 is 2.13 bits per heavy atom. The van der Waals surface area contributed by atoms with Gasteiger partial charge in [-0.2, -0.15) is 0 Å². The summed E-state index contributed by atoms with van der Waals surface area (Å²) >= 11 is 0. The van der Waals surface area contributed by atoms with Crippen LogP contribution in [0.5, 0.6) is 0 Å². The number of aliphatic carboxylic acids is 1. The van der Waals surface area contributed by atoms with Crippen molar-refractivity contribution in [1.29, 1.82) is 0 Å². The highest BCUT2D eigenvalue weighted by molar-refractivity contribution is 6.19. The number of likely N-dealkylation sites (N-methyl/N-ethyl adjacent to an activating group) is 1. The molecule has 0 radical (unpaired) electrons. The number of carbonyl (C=O) groups is 3. The minimum Gasteiger partial charge on any atom is -0.494 e. The van der Waals surface area contributed by atoms with E-state index in [2.05, 4.69) is 10.6 Å².